The molecule has 8 nitrogen and oxygen atoms in total. The van der Waals surface area contributed by atoms with Gasteiger partial charge in [-0.05, 0) is 17.7 Å². The second kappa shape index (κ2) is 5.91. The lowest BCUT2D eigenvalue weighted by atomic mass is 10.2. The maximum Gasteiger partial charge on any atom is 0.358 e. The number of carboxylic acids is 1. The Morgan fingerprint density at radius 3 is 2.65 bits per heavy atom. The Morgan fingerprint density at radius 2 is 2.05 bits per heavy atom. The number of pyridine rings is 1. The third kappa shape index (κ3) is 3.37. The van der Waals surface area contributed by atoms with Gasteiger partial charge < -0.3 is 10.0 Å². The van der Waals surface area contributed by atoms with Crippen molar-refractivity contribution in [1.29, 1.82) is 0 Å². The van der Waals surface area contributed by atoms with Crippen LogP contribution in [0.5, 0.6) is 0 Å². The normalized spacial score (nSPS) is 10.2. The molecule has 1 N–H and O–H groups in total. The highest BCUT2D eigenvalue weighted by molar-refractivity contribution is 5.84. The zero-order valence-corrected chi connectivity index (χ0v) is 10.8. The van der Waals surface area contributed by atoms with Gasteiger partial charge in [-0.15, -0.1) is 5.10 Å². The Labute approximate surface area is 114 Å². The molecule has 1 amide bonds. The maximum absolute atomic E-state index is 12.0. The van der Waals surface area contributed by atoms with Crippen LogP contribution >= 0.6 is 0 Å². The van der Waals surface area contributed by atoms with E-state index in [4.69, 9.17) is 5.11 Å². The minimum atomic E-state index is -1.17. The van der Waals surface area contributed by atoms with Gasteiger partial charge in [-0.1, -0.05) is 5.21 Å². The van der Waals surface area contributed by atoms with Crippen LogP contribution in [0.15, 0.2) is 30.7 Å². The number of rotatable bonds is 5. The van der Waals surface area contributed by atoms with Crippen molar-refractivity contribution in [1.82, 2.24) is 24.9 Å². The third-order valence-electron chi connectivity index (χ3n) is 2.65. The van der Waals surface area contributed by atoms with E-state index in [-0.39, 0.29) is 18.1 Å². The van der Waals surface area contributed by atoms with Crippen LogP contribution in [0.2, 0.25) is 0 Å². The molecule has 0 atom stereocenters. The summed E-state index contributed by atoms with van der Waals surface area (Å²) in [6.07, 6.45) is 4.54. The number of hydrogen-bond acceptors (Lipinski definition) is 5. The van der Waals surface area contributed by atoms with Gasteiger partial charge in [0.2, 0.25) is 5.91 Å². The van der Waals surface area contributed by atoms with E-state index < -0.39 is 5.97 Å². The van der Waals surface area contributed by atoms with Crippen LogP contribution in [0.25, 0.3) is 0 Å². The lowest BCUT2D eigenvalue weighted by Gasteiger charge is -2.16. The molecule has 0 aliphatic rings. The van der Waals surface area contributed by atoms with Gasteiger partial charge in [-0.2, -0.15) is 0 Å². The molecule has 0 bridgehead atoms. The fourth-order valence-corrected chi connectivity index (χ4v) is 1.58. The van der Waals surface area contributed by atoms with Gasteiger partial charge in [0.05, 0.1) is 6.20 Å². The summed E-state index contributed by atoms with van der Waals surface area (Å²) in [4.78, 5) is 28.1. The summed E-state index contributed by atoms with van der Waals surface area (Å²) < 4.78 is 1.20. The van der Waals surface area contributed by atoms with Gasteiger partial charge in [0.25, 0.3) is 0 Å². The van der Waals surface area contributed by atoms with Crippen molar-refractivity contribution < 1.29 is 14.7 Å². The summed E-state index contributed by atoms with van der Waals surface area (Å²) in [5.74, 6) is -1.36. The summed E-state index contributed by atoms with van der Waals surface area (Å²) in [7, 11) is 1.66. The molecule has 0 unspecified atom stereocenters. The standard InChI is InChI=1S/C12H13N5O3/c1-16(6-9-2-4-13-5-3-9)11(18)8-17-7-10(12(19)20)14-15-17/h2-5,7H,6,8H2,1H3,(H,19,20). The van der Waals surface area contributed by atoms with Crippen LogP contribution in [0, 0.1) is 0 Å². The highest BCUT2D eigenvalue weighted by atomic mass is 16.4. The lowest BCUT2D eigenvalue weighted by molar-refractivity contribution is -0.131. The maximum atomic E-state index is 12.0. The second-order valence-electron chi connectivity index (χ2n) is 4.21. The van der Waals surface area contributed by atoms with E-state index in [0.717, 1.165) is 5.56 Å². The molecule has 0 aliphatic heterocycles. The number of hydrogen-bond donors (Lipinski definition) is 1. The Morgan fingerprint density at radius 1 is 1.35 bits per heavy atom. The number of aromatic nitrogens is 4. The zero-order chi connectivity index (χ0) is 14.5. The highest BCUT2D eigenvalue weighted by Gasteiger charge is 2.13. The predicted molar refractivity (Wildman–Crippen MR) is 67.7 cm³/mol. The second-order valence-corrected chi connectivity index (χ2v) is 4.21. The quantitative estimate of drug-likeness (QED) is 0.826. The molecular formula is C12H13N5O3. The van der Waals surface area contributed by atoms with Gasteiger partial charge in [0.15, 0.2) is 5.69 Å². The molecule has 0 saturated heterocycles. The van der Waals surface area contributed by atoms with Crippen molar-refractivity contribution >= 4 is 11.9 Å². The first-order valence-corrected chi connectivity index (χ1v) is 5.82. The Kier molecular flexibility index (Phi) is 4.04. The molecule has 104 valence electrons. The number of carboxylic acid groups (broad SMARTS) is 1. The minimum Gasteiger partial charge on any atom is -0.476 e. The molecule has 0 aliphatic carbocycles. The van der Waals surface area contributed by atoms with Crippen molar-refractivity contribution in [3.63, 3.8) is 0 Å². The van der Waals surface area contributed by atoms with E-state index in [1.165, 1.54) is 15.8 Å². The number of aromatic carboxylic acids is 1. The average Bonchev–Trinajstić information content (AvgIpc) is 2.88. The fraction of sp³-hybridized carbons (Fsp3) is 0.250. The molecule has 0 aromatic carbocycles. The third-order valence-corrected chi connectivity index (χ3v) is 2.65. The number of carbonyl (C=O) groups is 2. The summed E-state index contributed by atoms with van der Waals surface area (Å²) in [5.41, 5.74) is 0.773. The molecule has 20 heavy (non-hydrogen) atoms. The van der Waals surface area contributed by atoms with E-state index >= 15 is 0 Å². The fourth-order valence-electron chi connectivity index (χ4n) is 1.58. The summed E-state index contributed by atoms with van der Waals surface area (Å²) >= 11 is 0. The molecule has 0 radical (unpaired) electrons. The van der Waals surface area contributed by atoms with Crippen LogP contribution in [0.3, 0.4) is 0 Å². The van der Waals surface area contributed by atoms with Gasteiger partial charge in [0, 0.05) is 26.0 Å². The number of nitrogens with zero attached hydrogens (tertiary/aromatic N) is 5. The molecule has 2 aromatic heterocycles. The first-order chi connectivity index (χ1) is 9.56. The molecule has 2 rings (SSSR count). The van der Waals surface area contributed by atoms with Crippen molar-refractivity contribution in [2.45, 2.75) is 13.1 Å². The van der Waals surface area contributed by atoms with Gasteiger partial charge in [-0.25, -0.2) is 9.48 Å². The van der Waals surface area contributed by atoms with Gasteiger partial charge >= 0.3 is 5.97 Å². The summed E-state index contributed by atoms with van der Waals surface area (Å²) in [6, 6.07) is 3.64. The molecule has 2 aromatic rings. The number of carbonyl (C=O) groups excluding carboxylic acids is 1. The van der Waals surface area contributed by atoms with E-state index in [1.54, 1.807) is 19.4 Å². The molecule has 2 heterocycles. The molecule has 0 spiro atoms. The highest BCUT2D eigenvalue weighted by Crippen LogP contribution is 2.02. The van der Waals surface area contributed by atoms with Crippen molar-refractivity contribution in [2.24, 2.45) is 0 Å². The van der Waals surface area contributed by atoms with Crippen molar-refractivity contribution in [2.75, 3.05) is 7.05 Å². The Balaban J connectivity index is 1.95. The van der Waals surface area contributed by atoms with E-state index in [0.29, 0.717) is 6.54 Å². The average molecular weight is 275 g/mol. The first-order valence-electron chi connectivity index (χ1n) is 5.82. The predicted octanol–water partition coefficient (Wildman–Crippen LogP) is 0.0299. The molecular weight excluding hydrogens is 262 g/mol. The largest absolute Gasteiger partial charge is 0.476 e. The molecule has 0 fully saturated rings. The van der Waals surface area contributed by atoms with Gasteiger partial charge in [-0.3, -0.25) is 9.78 Å². The monoisotopic (exact) mass is 275 g/mol. The van der Waals surface area contributed by atoms with E-state index in [2.05, 4.69) is 15.3 Å². The summed E-state index contributed by atoms with van der Waals surface area (Å²) in [6.45, 7) is 0.393. The SMILES string of the molecule is CN(Cc1ccncc1)C(=O)Cn1cc(C(=O)O)nn1. The minimum absolute atomic E-state index is 0.0537. The first kappa shape index (κ1) is 13.7. The van der Waals surface area contributed by atoms with E-state index in [1.807, 2.05) is 12.1 Å². The topological polar surface area (TPSA) is 101 Å². The van der Waals surface area contributed by atoms with Gasteiger partial charge in [0.1, 0.15) is 6.54 Å². The molecule has 0 saturated carbocycles. The zero-order valence-electron chi connectivity index (χ0n) is 10.8. The smallest absolute Gasteiger partial charge is 0.358 e. The van der Waals surface area contributed by atoms with Crippen LogP contribution in [0.1, 0.15) is 16.1 Å². The van der Waals surface area contributed by atoms with Crippen molar-refractivity contribution in [3.05, 3.63) is 42.0 Å². The van der Waals surface area contributed by atoms with Crippen LogP contribution < -0.4 is 0 Å². The van der Waals surface area contributed by atoms with E-state index in [9.17, 15) is 9.59 Å². The summed E-state index contributed by atoms with van der Waals surface area (Å²) in [5, 5.41) is 15.8. The van der Waals surface area contributed by atoms with Crippen LogP contribution in [-0.4, -0.2) is 48.9 Å². The molecule has 8 heteroatoms. The number of likely N-dealkylation sites (N-methyl/N-ethyl adjacent to an activating group) is 1. The lowest BCUT2D eigenvalue weighted by Crippen LogP contribution is -2.30. The van der Waals surface area contributed by atoms with Crippen LogP contribution in [-0.2, 0) is 17.9 Å². The number of amides is 1. The Bertz CT molecular complexity index is 611. The Hall–Kier alpha value is -2.77. The van der Waals surface area contributed by atoms with Crippen LogP contribution in [0.4, 0.5) is 0 Å². The van der Waals surface area contributed by atoms with Crippen molar-refractivity contribution in [3.8, 4) is 0 Å².